The number of carbonyl (C=O) groups is 1. The number of rotatable bonds is 4. The van der Waals surface area contributed by atoms with Crippen LogP contribution in [0.25, 0.3) is 0 Å². The fourth-order valence-corrected chi connectivity index (χ4v) is 2.77. The number of nitrogens with two attached hydrogens (primary N) is 1. The van der Waals surface area contributed by atoms with E-state index in [9.17, 15) is 4.79 Å². The third kappa shape index (κ3) is 3.40. The maximum atomic E-state index is 11.8. The van der Waals surface area contributed by atoms with E-state index in [1.165, 1.54) is 26.4 Å². The van der Waals surface area contributed by atoms with Gasteiger partial charge in [-0.15, -0.1) is 0 Å². The van der Waals surface area contributed by atoms with Crippen LogP contribution in [0, 0.1) is 5.92 Å². The van der Waals surface area contributed by atoms with Crippen LogP contribution < -0.4 is 11.1 Å². The second-order valence-corrected chi connectivity index (χ2v) is 5.43. The average Bonchev–Trinajstić information content (AvgIpc) is 2.49. The van der Waals surface area contributed by atoms with Crippen molar-refractivity contribution in [3.05, 3.63) is 17.8 Å². The molecule has 1 aliphatic carbocycles. The van der Waals surface area contributed by atoms with Gasteiger partial charge in [0.25, 0.3) is 0 Å². The van der Waals surface area contributed by atoms with Gasteiger partial charge in [-0.05, 0) is 37.7 Å². The number of ether oxygens (including phenoxy) is 1. The van der Waals surface area contributed by atoms with Gasteiger partial charge < -0.3 is 15.8 Å². The molecule has 0 aromatic carbocycles. The summed E-state index contributed by atoms with van der Waals surface area (Å²) in [5.41, 5.74) is 6.56. The first-order valence-corrected chi connectivity index (χ1v) is 7.24. The van der Waals surface area contributed by atoms with E-state index in [0.29, 0.717) is 23.1 Å². The molecular formula is C15H23N3O2. The number of nitrogens with zero attached hydrogens (tertiary/aromatic N) is 1. The third-order valence-electron chi connectivity index (χ3n) is 4.08. The van der Waals surface area contributed by atoms with Crippen LogP contribution in [0.1, 0.15) is 49.4 Å². The number of methoxy groups -OCH3 is 1. The van der Waals surface area contributed by atoms with E-state index < -0.39 is 5.97 Å². The van der Waals surface area contributed by atoms with Crippen LogP contribution in [0.15, 0.2) is 12.3 Å². The first-order valence-electron chi connectivity index (χ1n) is 7.24. The lowest BCUT2D eigenvalue weighted by molar-refractivity contribution is 0.0601. The van der Waals surface area contributed by atoms with Crippen LogP contribution in [0.4, 0.5) is 11.5 Å². The third-order valence-corrected chi connectivity index (χ3v) is 4.08. The normalized spacial score (nSPS) is 22.3. The molecule has 1 saturated carbocycles. The van der Waals surface area contributed by atoms with Crippen LogP contribution in [0.2, 0.25) is 0 Å². The molecule has 110 valence electrons. The van der Waals surface area contributed by atoms with Gasteiger partial charge in [-0.1, -0.05) is 13.3 Å². The Morgan fingerprint density at radius 2 is 2.15 bits per heavy atom. The summed E-state index contributed by atoms with van der Waals surface area (Å²) in [6.45, 7) is 2.25. The highest BCUT2D eigenvalue weighted by molar-refractivity contribution is 5.95. The number of pyridine rings is 1. The molecule has 5 heteroatoms. The molecule has 2 rings (SSSR count). The predicted octanol–water partition coefficient (Wildman–Crippen LogP) is 2.83. The molecule has 0 saturated heterocycles. The van der Waals surface area contributed by atoms with E-state index in [0.717, 1.165) is 18.8 Å². The molecule has 1 fully saturated rings. The SMILES string of the molecule is CCC1CCC(Nc2ncc(N)cc2C(=O)OC)CC1. The van der Waals surface area contributed by atoms with Gasteiger partial charge >= 0.3 is 5.97 Å². The second kappa shape index (κ2) is 6.59. The molecule has 1 heterocycles. The van der Waals surface area contributed by atoms with Crippen molar-refractivity contribution >= 4 is 17.5 Å². The standard InChI is InChI=1S/C15H23N3O2/c1-3-10-4-6-12(7-5-10)18-14-13(15(19)20-2)8-11(16)9-17-14/h8-10,12H,3-7,16H2,1-2H3,(H,17,18). The van der Waals surface area contributed by atoms with E-state index in [2.05, 4.69) is 17.2 Å². The first-order chi connectivity index (χ1) is 9.63. The van der Waals surface area contributed by atoms with Gasteiger partial charge in [-0.3, -0.25) is 0 Å². The lowest BCUT2D eigenvalue weighted by Crippen LogP contribution is -2.27. The van der Waals surface area contributed by atoms with Gasteiger partial charge in [-0.25, -0.2) is 9.78 Å². The Balaban J connectivity index is 2.07. The van der Waals surface area contributed by atoms with Crippen molar-refractivity contribution in [2.24, 2.45) is 5.92 Å². The number of hydrogen-bond acceptors (Lipinski definition) is 5. The summed E-state index contributed by atoms with van der Waals surface area (Å²) in [6, 6.07) is 1.98. The molecule has 1 aromatic heterocycles. The second-order valence-electron chi connectivity index (χ2n) is 5.43. The average molecular weight is 277 g/mol. The number of nitrogens with one attached hydrogen (secondary N) is 1. The Bertz CT molecular complexity index is 468. The maximum absolute atomic E-state index is 11.8. The lowest BCUT2D eigenvalue weighted by atomic mass is 9.84. The highest BCUT2D eigenvalue weighted by atomic mass is 16.5. The number of hydrogen-bond donors (Lipinski definition) is 2. The molecule has 1 aromatic rings. The molecule has 0 unspecified atom stereocenters. The van der Waals surface area contributed by atoms with Crippen molar-refractivity contribution in [3.63, 3.8) is 0 Å². The zero-order chi connectivity index (χ0) is 14.5. The number of carbonyl (C=O) groups excluding carboxylic acids is 1. The van der Waals surface area contributed by atoms with Crippen molar-refractivity contribution in [2.45, 2.75) is 45.1 Å². The maximum Gasteiger partial charge on any atom is 0.341 e. The summed E-state index contributed by atoms with van der Waals surface area (Å²) in [5, 5.41) is 3.37. The van der Waals surface area contributed by atoms with Crippen LogP contribution in [0.5, 0.6) is 0 Å². The summed E-state index contributed by atoms with van der Waals surface area (Å²) in [6.07, 6.45) is 7.51. The fraction of sp³-hybridized carbons (Fsp3) is 0.600. The molecule has 5 nitrogen and oxygen atoms in total. The number of esters is 1. The molecular weight excluding hydrogens is 254 g/mol. The van der Waals surface area contributed by atoms with Crippen molar-refractivity contribution in [1.29, 1.82) is 0 Å². The Hall–Kier alpha value is -1.78. The first kappa shape index (κ1) is 14.6. The minimum Gasteiger partial charge on any atom is -0.465 e. The van der Waals surface area contributed by atoms with Crippen molar-refractivity contribution in [1.82, 2.24) is 4.98 Å². The van der Waals surface area contributed by atoms with Gasteiger partial charge in [0, 0.05) is 6.04 Å². The van der Waals surface area contributed by atoms with E-state index in [1.54, 1.807) is 12.3 Å². The van der Waals surface area contributed by atoms with Gasteiger partial charge in [0.1, 0.15) is 11.4 Å². The molecule has 0 radical (unpaired) electrons. The molecule has 3 N–H and O–H groups in total. The number of nitrogen functional groups attached to an aromatic ring is 1. The Morgan fingerprint density at radius 3 is 2.75 bits per heavy atom. The molecule has 0 bridgehead atoms. The monoisotopic (exact) mass is 277 g/mol. The lowest BCUT2D eigenvalue weighted by Gasteiger charge is -2.29. The van der Waals surface area contributed by atoms with E-state index in [1.807, 2.05) is 0 Å². The molecule has 0 spiro atoms. The number of anilines is 2. The smallest absolute Gasteiger partial charge is 0.341 e. The zero-order valence-corrected chi connectivity index (χ0v) is 12.2. The molecule has 0 aliphatic heterocycles. The summed E-state index contributed by atoms with van der Waals surface area (Å²) < 4.78 is 4.78. The minimum absolute atomic E-state index is 0.373. The largest absolute Gasteiger partial charge is 0.465 e. The Labute approximate surface area is 119 Å². The van der Waals surface area contributed by atoms with Crippen molar-refractivity contribution < 1.29 is 9.53 Å². The molecule has 20 heavy (non-hydrogen) atoms. The van der Waals surface area contributed by atoms with Crippen LogP contribution in [0.3, 0.4) is 0 Å². The molecule has 0 atom stereocenters. The van der Waals surface area contributed by atoms with Gasteiger partial charge in [-0.2, -0.15) is 0 Å². The summed E-state index contributed by atoms with van der Waals surface area (Å²) in [7, 11) is 1.36. The van der Waals surface area contributed by atoms with Crippen molar-refractivity contribution in [2.75, 3.05) is 18.2 Å². The van der Waals surface area contributed by atoms with Crippen molar-refractivity contribution in [3.8, 4) is 0 Å². The number of aromatic nitrogens is 1. The molecule has 1 aliphatic rings. The van der Waals surface area contributed by atoms with Gasteiger partial charge in [0.05, 0.1) is 19.0 Å². The highest BCUT2D eigenvalue weighted by Gasteiger charge is 2.22. The quantitative estimate of drug-likeness (QED) is 0.827. The Morgan fingerprint density at radius 1 is 1.45 bits per heavy atom. The highest BCUT2D eigenvalue weighted by Crippen LogP contribution is 2.29. The molecule has 0 amide bonds. The van der Waals surface area contributed by atoms with E-state index >= 15 is 0 Å². The summed E-state index contributed by atoms with van der Waals surface area (Å²) in [5.74, 6) is 1.01. The van der Waals surface area contributed by atoms with E-state index in [-0.39, 0.29) is 0 Å². The zero-order valence-electron chi connectivity index (χ0n) is 12.2. The fourth-order valence-electron chi connectivity index (χ4n) is 2.77. The minimum atomic E-state index is -0.408. The topological polar surface area (TPSA) is 77.2 Å². The Kier molecular flexibility index (Phi) is 4.82. The van der Waals surface area contributed by atoms with Crippen LogP contribution in [-0.2, 0) is 4.74 Å². The summed E-state index contributed by atoms with van der Waals surface area (Å²) in [4.78, 5) is 16.0. The van der Waals surface area contributed by atoms with E-state index in [4.69, 9.17) is 10.5 Å². The predicted molar refractivity (Wildman–Crippen MR) is 79.6 cm³/mol. The van der Waals surface area contributed by atoms with Crippen LogP contribution in [-0.4, -0.2) is 24.1 Å². The van der Waals surface area contributed by atoms with Crippen LogP contribution >= 0.6 is 0 Å². The van der Waals surface area contributed by atoms with Gasteiger partial charge in [0.15, 0.2) is 0 Å². The summed E-state index contributed by atoms with van der Waals surface area (Å²) >= 11 is 0. The van der Waals surface area contributed by atoms with Gasteiger partial charge in [0.2, 0.25) is 0 Å².